The van der Waals surface area contributed by atoms with Crippen LogP contribution >= 0.6 is 11.6 Å². The number of nitrogen functional groups attached to an aromatic ring is 1. The van der Waals surface area contributed by atoms with Crippen LogP contribution in [0.4, 0.5) is 5.95 Å². The van der Waals surface area contributed by atoms with Crippen molar-refractivity contribution in [2.24, 2.45) is 0 Å². The molecular formula is C14H19ClN4O4. The number of halogens is 1. The number of aromatic nitrogens is 3. The van der Waals surface area contributed by atoms with Crippen LogP contribution in [0.2, 0.25) is 5.15 Å². The quantitative estimate of drug-likeness (QED) is 0.693. The molecule has 1 aliphatic rings. The predicted molar refractivity (Wildman–Crippen MR) is 84.1 cm³/mol. The van der Waals surface area contributed by atoms with Crippen LogP contribution in [0.15, 0.2) is 6.20 Å². The predicted octanol–water partition coefficient (Wildman–Crippen LogP) is 0.495. The van der Waals surface area contributed by atoms with E-state index in [-0.39, 0.29) is 17.7 Å². The van der Waals surface area contributed by atoms with E-state index in [2.05, 4.69) is 9.97 Å². The SMILES string of the molecule is CCc1cn(C2OC(CO)C(O)C2OC)c2nc(N)nc(Cl)c12. The molecule has 4 N–H and O–H groups in total. The van der Waals surface area contributed by atoms with Crippen LogP contribution < -0.4 is 5.73 Å². The molecule has 0 aliphatic carbocycles. The smallest absolute Gasteiger partial charge is 0.223 e. The summed E-state index contributed by atoms with van der Waals surface area (Å²) in [4.78, 5) is 8.25. The molecule has 1 fully saturated rings. The average molecular weight is 343 g/mol. The first-order valence-corrected chi connectivity index (χ1v) is 7.69. The summed E-state index contributed by atoms with van der Waals surface area (Å²) in [6, 6.07) is 0. The average Bonchev–Trinajstić information content (AvgIpc) is 3.04. The van der Waals surface area contributed by atoms with Gasteiger partial charge >= 0.3 is 0 Å². The van der Waals surface area contributed by atoms with Gasteiger partial charge in [-0.25, -0.2) is 4.98 Å². The van der Waals surface area contributed by atoms with Crippen LogP contribution in [0.1, 0.15) is 18.7 Å². The number of ether oxygens (including phenoxy) is 2. The molecule has 2 aromatic heterocycles. The van der Waals surface area contributed by atoms with E-state index in [0.29, 0.717) is 17.5 Å². The molecule has 2 aromatic rings. The number of hydrogen-bond donors (Lipinski definition) is 3. The molecule has 9 heteroatoms. The Bertz CT molecular complexity index is 722. The summed E-state index contributed by atoms with van der Waals surface area (Å²) in [5, 5.41) is 20.5. The third kappa shape index (κ3) is 2.56. The van der Waals surface area contributed by atoms with Crippen molar-refractivity contribution in [1.29, 1.82) is 0 Å². The zero-order valence-corrected chi connectivity index (χ0v) is 13.6. The van der Waals surface area contributed by atoms with Crippen molar-refractivity contribution in [3.05, 3.63) is 16.9 Å². The summed E-state index contributed by atoms with van der Waals surface area (Å²) < 4.78 is 12.8. The first-order chi connectivity index (χ1) is 11.0. The van der Waals surface area contributed by atoms with Crippen molar-refractivity contribution in [3.63, 3.8) is 0 Å². The normalized spacial score (nSPS) is 27.9. The van der Waals surface area contributed by atoms with Crippen LogP contribution in [0.5, 0.6) is 0 Å². The topological polar surface area (TPSA) is 116 Å². The number of aryl methyl sites for hydroxylation is 1. The minimum atomic E-state index is -0.952. The summed E-state index contributed by atoms with van der Waals surface area (Å²) in [6.45, 7) is 1.68. The van der Waals surface area contributed by atoms with Gasteiger partial charge in [0, 0.05) is 13.3 Å². The van der Waals surface area contributed by atoms with Gasteiger partial charge in [0.05, 0.1) is 12.0 Å². The highest BCUT2D eigenvalue weighted by molar-refractivity contribution is 6.34. The second-order valence-electron chi connectivity index (χ2n) is 5.42. The van der Waals surface area contributed by atoms with Crippen LogP contribution in [-0.4, -0.2) is 56.8 Å². The lowest BCUT2D eigenvalue weighted by Gasteiger charge is -2.20. The number of methoxy groups -OCH3 is 1. The molecule has 23 heavy (non-hydrogen) atoms. The Morgan fingerprint density at radius 3 is 2.83 bits per heavy atom. The molecule has 4 unspecified atom stereocenters. The van der Waals surface area contributed by atoms with E-state index in [1.807, 2.05) is 13.1 Å². The molecule has 0 saturated carbocycles. The van der Waals surface area contributed by atoms with Crippen LogP contribution in [0.3, 0.4) is 0 Å². The van der Waals surface area contributed by atoms with Crippen molar-refractivity contribution in [1.82, 2.24) is 14.5 Å². The number of fused-ring (bicyclic) bond motifs is 1. The van der Waals surface area contributed by atoms with Gasteiger partial charge in [0.15, 0.2) is 6.23 Å². The molecule has 1 saturated heterocycles. The van der Waals surface area contributed by atoms with E-state index < -0.39 is 24.5 Å². The number of anilines is 1. The van der Waals surface area contributed by atoms with Gasteiger partial charge in [0.2, 0.25) is 5.95 Å². The van der Waals surface area contributed by atoms with Gasteiger partial charge < -0.3 is 30.0 Å². The summed E-state index contributed by atoms with van der Waals surface area (Å²) >= 11 is 6.22. The maximum atomic E-state index is 10.2. The monoisotopic (exact) mass is 342 g/mol. The van der Waals surface area contributed by atoms with Crippen LogP contribution in [-0.2, 0) is 15.9 Å². The summed E-state index contributed by atoms with van der Waals surface area (Å²) in [6.07, 6.45) is -0.433. The number of hydrogen-bond acceptors (Lipinski definition) is 7. The Labute approximate surface area is 137 Å². The first kappa shape index (κ1) is 16.4. The third-order valence-corrected chi connectivity index (χ3v) is 4.42. The Kier molecular flexibility index (Phi) is 4.43. The first-order valence-electron chi connectivity index (χ1n) is 7.31. The lowest BCUT2D eigenvalue weighted by atomic mass is 10.1. The number of rotatable bonds is 4. The van der Waals surface area contributed by atoms with Gasteiger partial charge in [-0.3, -0.25) is 0 Å². The highest BCUT2D eigenvalue weighted by Crippen LogP contribution is 2.36. The van der Waals surface area contributed by atoms with E-state index >= 15 is 0 Å². The molecular weight excluding hydrogens is 324 g/mol. The van der Waals surface area contributed by atoms with Crippen LogP contribution in [0.25, 0.3) is 11.0 Å². The fourth-order valence-electron chi connectivity index (χ4n) is 3.00. The Morgan fingerprint density at radius 1 is 1.48 bits per heavy atom. The number of nitrogens with two attached hydrogens (primary N) is 1. The Morgan fingerprint density at radius 2 is 2.22 bits per heavy atom. The second-order valence-corrected chi connectivity index (χ2v) is 5.78. The Balaban J connectivity index is 2.16. The van der Waals surface area contributed by atoms with Crippen molar-refractivity contribution in [2.45, 2.75) is 37.9 Å². The molecule has 0 amide bonds. The highest BCUT2D eigenvalue weighted by Gasteiger charge is 2.45. The van der Waals surface area contributed by atoms with Crippen molar-refractivity contribution in [2.75, 3.05) is 19.5 Å². The molecule has 0 radical (unpaired) electrons. The fourth-order valence-corrected chi connectivity index (χ4v) is 3.30. The summed E-state index contributed by atoms with van der Waals surface area (Å²) in [5.41, 5.74) is 7.16. The molecule has 3 rings (SSSR count). The maximum absolute atomic E-state index is 10.2. The van der Waals surface area contributed by atoms with Gasteiger partial charge in [-0.15, -0.1) is 0 Å². The molecule has 126 valence electrons. The molecule has 0 spiro atoms. The van der Waals surface area contributed by atoms with E-state index in [9.17, 15) is 10.2 Å². The fraction of sp³-hybridized carbons (Fsp3) is 0.571. The zero-order valence-electron chi connectivity index (χ0n) is 12.8. The molecule has 3 heterocycles. The maximum Gasteiger partial charge on any atom is 0.223 e. The largest absolute Gasteiger partial charge is 0.394 e. The minimum absolute atomic E-state index is 0.0516. The second kappa shape index (κ2) is 6.21. The lowest BCUT2D eigenvalue weighted by Crippen LogP contribution is -2.34. The van der Waals surface area contributed by atoms with Crippen molar-refractivity contribution >= 4 is 28.6 Å². The zero-order chi connectivity index (χ0) is 16.7. The van der Waals surface area contributed by atoms with Crippen LogP contribution in [0, 0.1) is 0 Å². The number of aliphatic hydroxyl groups is 2. The summed E-state index contributed by atoms with van der Waals surface area (Å²) in [5.74, 6) is 0.0516. The molecule has 0 bridgehead atoms. The van der Waals surface area contributed by atoms with E-state index in [4.69, 9.17) is 26.8 Å². The molecule has 0 aromatic carbocycles. The van der Waals surface area contributed by atoms with Gasteiger partial charge in [0.25, 0.3) is 0 Å². The van der Waals surface area contributed by atoms with E-state index in [1.54, 1.807) is 4.57 Å². The van der Waals surface area contributed by atoms with E-state index in [0.717, 1.165) is 5.56 Å². The van der Waals surface area contributed by atoms with Gasteiger partial charge in [-0.2, -0.15) is 4.98 Å². The highest BCUT2D eigenvalue weighted by atomic mass is 35.5. The molecule has 8 nitrogen and oxygen atoms in total. The number of nitrogens with zero attached hydrogens (tertiary/aromatic N) is 3. The van der Waals surface area contributed by atoms with Crippen molar-refractivity contribution < 1.29 is 19.7 Å². The molecule has 4 atom stereocenters. The van der Waals surface area contributed by atoms with Gasteiger partial charge in [0.1, 0.15) is 29.1 Å². The summed E-state index contributed by atoms with van der Waals surface area (Å²) in [7, 11) is 1.48. The van der Waals surface area contributed by atoms with Gasteiger partial charge in [-0.05, 0) is 12.0 Å². The van der Waals surface area contributed by atoms with Crippen molar-refractivity contribution in [3.8, 4) is 0 Å². The third-order valence-electron chi connectivity index (χ3n) is 4.14. The minimum Gasteiger partial charge on any atom is -0.394 e. The Hall–Kier alpha value is -1.45. The molecule has 1 aliphatic heterocycles. The lowest BCUT2D eigenvalue weighted by molar-refractivity contribution is -0.0581. The van der Waals surface area contributed by atoms with E-state index in [1.165, 1.54) is 7.11 Å². The number of aliphatic hydroxyl groups excluding tert-OH is 2. The van der Waals surface area contributed by atoms with Gasteiger partial charge in [-0.1, -0.05) is 18.5 Å². The standard InChI is InChI=1S/C14H19ClN4O4/c1-3-6-4-19(12-8(6)11(15)17-14(16)18-12)13-10(22-2)9(21)7(5-20)23-13/h4,7,9-10,13,20-21H,3,5H2,1-2H3,(H2,16,17,18).